The average Bonchev–Trinajstić information content (AvgIpc) is 3.19. The molecule has 106 valence electrons. The largest absolute Gasteiger partial charge is 0.351 e. The number of aromatic nitrogens is 5. The highest BCUT2D eigenvalue weighted by molar-refractivity contribution is 5.89. The molecule has 1 saturated heterocycles. The molecule has 0 bridgehead atoms. The Labute approximate surface area is 122 Å². The first-order valence-corrected chi connectivity index (χ1v) is 7.20. The third kappa shape index (κ3) is 2.22. The Kier molecular flexibility index (Phi) is 2.99. The molecule has 0 N–H and O–H groups in total. The first kappa shape index (κ1) is 12.3. The van der Waals surface area contributed by atoms with Gasteiger partial charge in [-0.15, -0.1) is 0 Å². The molecule has 0 amide bonds. The Morgan fingerprint density at radius 3 is 3.00 bits per heavy atom. The standard InChI is InChI=1S/C15H16N6/c1-2-6-14-13(5-1)15(18-10-17-14)21-7-3-4-12(21)8-20-11-16-9-19-20/h1-2,5-6,9-12H,3-4,7-8H2. The van der Waals surface area contributed by atoms with Crippen LogP contribution in [-0.4, -0.2) is 37.3 Å². The molecule has 4 rings (SSSR count). The lowest BCUT2D eigenvalue weighted by Gasteiger charge is -2.26. The summed E-state index contributed by atoms with van der Waals surface area (Å²) in [5, 5.41) is 5.33. The van der Waals surface area contributed by atoms with Crippen LogP contribution in [0, 0.1) is 0 Å². The average molecular weight is 280 g/mol. The molecule has 0 saturated carbocycles. The van der Waals surface area contributed by atoms with Gasteiger partial charge in [-0.3, -0.25) is 4.68 Å². The summed E-state index contributed by atoms with van der Waals surface area (Å²) < 4.78 is 1.90. The Morgan fingerprint density at radius 2 is 2.10 bits per heavy atom. The van der Waals surface area contributed by atoms with Gasteiger partial charge in [0.1, 0.15) is 24.8 Å². The molecule has 0 radical (unpaired) electrons. The number of para-hydroxylation sites is 1. The van der Waals surface area contributed by atoms with E-state index in [1.54, 1.807) is 19.0 Å². The second kappa shape index (κ2) is 5.12. The van der Waals surface area contributed by atoms with Crippen LogP contribution in [0.2, 0.25) is 0 Å². The van der Waals surface area contributed by atoms with Crippen LogP contribution in [0.4, 0.5) is 5.82 Å². The van der Waals surface area contributed by atoms with Crippen LogP contribution in [0.1, 0.15) is 12.8 Å². The topological polar surface area (TPSA) is 59.7 Å². The third-order valence-electron chi connectivity index (χ3n) is 4.04. The summed E-state index contributed by atoms with van der Waals surface area (Å²) in [6.45, 7) is 1.87. The minimum atomic E-state index is 0.407. The molecule has 3 aromatic rings. The summed E-state index contributed by atoms with van der Waals surface area (Å²) >= 11 is 0. The van der Waals surface area contributed by atoms with Crippen LogP contribution >= 0.6 is 0 Å². The minimum absolute atomic E-state index is 0.407. The fourth-order valence-corrected chi connectivity index (χ4v) is 3.07. The van der Waals surface area contributed by atoms with Crippen molar-refractivity contribution in [2.45, 2.75) is 25.4 Å². The molecule has 1 aromatic carbocycles. The highest BCUT2D eigenvalue weighted by Crippen LogP contribution is 2.29. The summed E-state index contributed by atoms with van der Waals surface area (Å²) in [4.78, 5) is 15.3. The van der Waals surface area contributed by atoms with Crippen molar-refractivity contribution < 1.29 is 0 Å². The Morgan fingerprint density at radius 1 is 1.14 bits per heavy atom. The van der Waals surface area contributed by atoms with Gasteiger partial charge < -0.3 is 4.90 Å². The van der Waals surface area contributed by atoms with Gasteiger partial charge in [0.05, 0.1) is 18.1 Å². The SMILES string of the molecule is c1ccc2c(N3CCCC3Cn3cncn3)ncnc2c1. The zero-order chi connectivity index (χ0) is 14.1. The number of hydrogen-bond acceptors (Lipinski definition) is 5. The summed E-state index contributed by atoms with van der Waals surface area (Å²) in [6, 6.07) is 8.58. The lowest BCUT2D eigenvalue weighted by molar-refractivity contribution is 0.507. The molecule has 2 aromatic heterocycles. The third-order valence-corrected chi connectivity index (χ3v) is 4.04. The second-order valence-electron chi connectivity index (χ2n) is 5.32. The molecule has 1 unspecified atom stereocenters. The zero-order valence-electron chi connectivity index (χ0n) is 11.6. The lowest BCUT2D eigenvalue weighted by atomic mass is 10.2. The van der Waals surface area contributed by atoms with Crippen molar-refractivity contribution in [1.29, 1.82) is 0 Å². The first-order chi connectivity index (χ1) is 10.4. The van der Waals surface area contributed by atoms with Crippen molar-refractivity contribution in [3.63, 3.8) is 0 Å². The van der Waals surface area contributed by atoms with E-state index in [-0.39, 0.29) is 0 Å². The number of fused-ring (bicyclic) bond motifs is 1. The monoisotopic (exact) mass is 280 g/mol. The second-order valence-corrected chi connectivity index (χ2v) is 5.32. The molecular weight excluding hydrogens is 264 g/mol. The quantitative estimate of drug-likeness (QED) is 0.733. The van der Waals surface area contributed by atoms with Gasteiger partial charge in [0.25, 0.3) is 0 Å². The van der Waals surface area contributed by atoms with Gasteiger partial charge in [0.15, 0.2) is 0 Å². The van der Waals surface area contributed by atoms with Crippen molar-refractivity contribution >= 4 is 16.7 Å². The fraction of sp³-hybridized carbons (Fsp3) is 0.333. The molecule has 21 heavy (non-hydrogen) atoms. The van der Waals surface area contributed by atoms with Crippen molar-refractivity contribution in [1.82, 2.24) is 24.7 Å². The van der Waals surface area contributed by atoms with Gasteiger partial charge >= 0.3 is 0 Å². The maximum Gasteiger partial charge on any atom is 0.140 e. The number of hydrogen-bond donors (Lipinski definition) is 0. The predicted octanol–water partition coefficient (Wildman–Crippen LogP) is 1.89. The first-order valence-electron chi connectivity index (χ1n) is 7.20. The summed E-state index contributed by atoms with van der Waals surface area (Å²) in [5.41, 5.74) is 0.994. The number of nitrogens with zero attached hydrogens (tertiary/aromatic N) is 6. The molecule has 3 heterocycles. The van der Waals surface area contributed by atoms with Crippen molar-refractivity contribution in [2.24, 2.45) is 0 Å². The molecule has 1 atom stereocenters. The maximum atomic E-state index is 4.54. The van der Waals surface area contributed by atoms with Gasteiger partial charge in [0.2, 0.25) is 0 Å². The van der Waals surface area contributed by atoms with Crippen molar-refractivity contribution in [3.8, 4) is 0 Å². The molecule has 1 aliphatic rings. The van der Waals surface area contributed by atoms with E-state index in [1.165, 1.54) is 6.42 Å². The Balaban J connectivity index is 1.70. The molecule has 0 spiro atoms. The minimum Gasteiger partial charge on any atom is -0.351 e. The Bertz CT molecular complexity index is 734. The van der Waals surface area contributed by atoms with E-state index in [0.717, 1.165) is 36.2 Å². The zero-order valence-corrected chi connectivity index (χ0v) is 11.6. The van der Waals surface area contributed by atoms with Crippen LogP contribution in [0.3, 0.4) is 0 Å². The summed E-state index contributed by atoms with van der Waals surface area (Å²) in [5.74, 6) is 1.03. The predicted molar refractivity (Wildman–Crippen MR) is 79.9 cm³/mol. The van der Waals surface area contributed by atoms with E-state index in [4.69, 9.17) is 0 Å². The van der Waals surface area contributed by atoms with E-state index in [0.29, 0.717) is 6.04 Å². The van der Waals surface area contributed by atoms with Crippen LogP contribution in [0.15, 0.2) is 43.2 Å². The fourth-order valence-electron chi connectivity index (χ4n) is 3.07. The summed E-state index contributed by atoms with van der Waals surface area (Å²) in [6.07, 6.45) is 7.34. The maximum absolute atomic E-state index is 4.54. The molecular formula is C15H16N6. The lowest BCUT2D eigenvalue weighted by Crippen LogP contribution is -2.33. The summed E-state index contributed by atoms with van der Waals surface area (Å²) in [7, 11) is 0. The van der Waals surface area contributed by atoms with E-state index >= 15 is 0 Å². The highest BCUT2D eigenvalue weighted by Gasteiger charge is 2.27. The normalized spacial score (nSPS) is 18.5. The smallest absolute Gasteiger partial charge is 0.140 e. The van der Waals surface area contributed by atoms with Crippen LogP contribution in [-0.2, 0) is 6.54 Å². The Hall–Kier alpha value is -2.50. The van der Waals surface area contributed by atoms with Gasteiger partial charge in [-0.05, 0) is 25.0 Å². The van der Waals surface area contributed by atoms with E-state index in [9.17, 15) is 0 Å². The van der Waals surface area contributed by atoms with E-state index in [2.05, 4.69) is 31.0 Å². The van der Waals surface area contributed by atoms with Gasteiger partial charge in [0, 0.05) is 11.9 Å². The molecule has 0 aliphatic carbocycles. The van der Waals surface area contributed by atoms with Gasteiger partial charge in [-0.1, -0.05) is 12.1 Å². The highest BCUT2D eigenvalue weighted by atomic mass is 15.3. The van der Waals surface area contributed by atoms with Crippen LogP contribution in [0.5, 0.6) is 0 Å². The number of benzene rings is 1. The number of rotatable bonds is 3. The van der Waals surface area contributed by atoms with Crippen molar-refractivity contribution in [2.75, 3.05) is 11.4 Å². The molecule has 1 fully saturated rings. The van der Waals surface area contributed by atoms with Gasteiger partial charge in [-0.25, -0.2) is 15.0 Å². The number of anilines is 1. The van der Waals surface area contributed by atoms with Crippen LogP contribution in [0.25, 0.3) is 10.9 Å². The molecule has 6 heteroatoms. The van der Waals surface area contributed by atoms with E-state index < -0.39 is 0 Å². The molecule has 6 nitrogen and oxygen atoms in total. The van der Waals surface area contributed by atoms with Crippen molar-refractivity contribution in [3.05, 3.63) is 43.2 Å². The molecule has 1 aliphatic heterocycles. The van der Waals surface area contributed by atoms with Gasteiger partial charge in [-0.2, -0.15) is 5.10 Å². The van der Waals surface area contributed by atoms with Crippen LogP contribution < -0.4 is 4.90 Å². The van der Waals surface area contributed by atoms with E-state index in [1.807, 2.05) is 22.9 Å².